The Morgan fingerprint density at radius 1 is 0.288 bits per heavy atom. The summed E-state index contributed by atoms with van der Waals surface area (Å²) in [6.07, 6.45) is 0. The molecular formula is C55H32N4. The Balaban J connectivity index is 1.14. The summed E-state index contributed by atoms with van der Waals surface area (Å²) in [5.41, 5.74) is 6.09. The molecule has 11 aromatic carbocycles. The molecule has 0 radical (unpaired) electrons. The maximum absolute atomic E-state index is 5.42. The smallest absolute Gasteiger partial charge is 0.166 e. The van der Waals surface area contributed by atoms with Gasteiger partial charge in [-0.25, -0.2) is 15.0 Å². The highest BCUT2D eigenvalue weighted by atomic mass is 15.1. The molecule has 0 bridgehead atoms. The van der Waals surface area contributed by atoms with Crippen molar-refractivity contribution >= 4 is 86.4 Å². The summed E-state index contributed by atoms with van der Waals surface area (Å²) < 4.78 is 2.35. The molecule has 2 heterocycles. The zero-order valence-electron chi connectivity index (χ0n) is 31.8. The molecule has 0 saturated carbocycles. The molecule has 0 unspecified atom stereocenters. The number of fused-ring (bicyclic) bond motifs is 5. The predicted octanol–water partition coefficient (Wildman–Crippen LogP) is 14.3. The van der Waals surface area contributed by atoms with Crippen LogP contribution in [0.5, 0.6) is 0 Å². The highest BCUT2D eigenvalue weighted by molar-refractivity contribution is 6.37. The maximum atomic E-state index is 5.42. The Bertz CT molecular complexity index is 3790. The standard InChI is InChI=1S/C55H32N4/c1-2-13-36(14-3-1)53-56-54(58-55(57-53)44-20-6-9-26-48(44)59-46-24-7-4-18-39(46)40-19-5-8-25-47(40)59)38-31-37-30-29-35-16-11-22-42-41-21-10-15-33-27-28-34-17-12-23-43(51(34)49(33)41)45(32-38)52(37)50(35)42/h1-32H. The number of aromatic nitrogens is 4. The first-order valence-electron chi connectivity index (χ1n) is 20.1. The molecule has 0 aliphatic rings. The second-order valence-corrected chi connectivity index (χ2v) is 15.5. The van der Waals surface area contributed by atoms with E-state index in [4.69, 9.17) is 15.0 Å². The molecule has 0 aliphatic carbocycles. The monoisotopic (exact) mass is 748 g/mol. The lowest BCUT2D eigenvalue weighted by molar-refractivity contribution is 1.07. The van der Waals surface area contributed by atoms with Crippen LogP contribution in [0.2, 0.25) is 0 Å². The van der Waals surface area contributed by atoms with Crippen LogP contribution in [0, 0.1) is 0 Å². The summed E-state index contributed by atoms with van der Waals surface area (Å²) in [5.74, 6) is 1.88. The fraction of sp³-hybridized carbons (Fsp3) is 0. The fourth-order valence-corrected chi connectivity index (χ4v) is 9.79. The number of hydrogen-bond acceptors (Lipinski definition) is 3. The second-order valence-electron chi connectivity index (χ2n) is 15.5. The first-order chi connectivity index (χ1) is 29.3. The number of rotatable bonds is 4. The molecule has 59 heavy (non-hydrogen) atoms. The van der Waals surface area contributed by atoms with E-state index in [1.165, 1.54) is 70.0 Å². The van der Waals surface area contributed by atoms with Crippen LogP contribution in [0.15, 0.2) is 194 Å². The summed E-state index contributed by atoms with van der Waals surface area (Å²) in [6, 6.07) is 69.8. The van der Waals surface area contributed by atoms with Gasteiger partial charge in [-0.3, -0.25) is 0 Å². The van der Waals surface area contributed by atoms with Crippen LogP contribution < -0.4 is 0 Å². The van der Waals surface area contributed by atoms with Crippen LogP contribution in [0.25, 0.3) is 126 Å². The van der Waals surface area contributed by atoms with Gasteiger partial charge in [0.2, 0.25) is 0 Å². The fourth-order valence-electron chi connectivity index (χ4n) is 9.79. The van der Waals surface area contributed by atoms with E-state index in [0.29, 0.717) is 17.5 Å². The van der Waals surface area contributed by atoms with Gasteiger partial charge in [0.15, 0.2) is 17.5 Å². The van der Waals surface area contributed by atoms with Gasteiger partial charge in [0.1, 0.15) is 0 Å². The van der Waals surface area contributed by atoms with Crippen molar-refractivity contribution in [1.29, 1.82) is 0 Å². The number of nitrogens with zero attached hydrogens (tertiary/aromatic N) is 4. The summed E-state index contributed by atoms with van der Waals surface area (Å²) in [6.45, 7) is 0. The van der Waals surface area contributed by atoms with Crippen molar-refractivity contribution in [3.63, 3.8) is 0 Å². The first-order valence-corrected chi connectivity index (χ1v) is 20.1. The van der Waals surface area contributed by atoms with Crippen molar-refractivity contribution in [3.8, 4) is 39.9 Å². The van der Waals surface area contributed by atoms with Crippen molar-refractivity contribution in [2.75, 3.05) is 0 Å². The van der Waals surface area contributed by atoms with Crippen molar-refractivity contribution in [2.45, 2.75) is 0 Å². The van der Waals surface area contributed by atoms with Crippen LogP contribution in [0.4, 0.5) is 0 Å². The van der Waals surface area contributed by atoms with Gasteiger partial charge in [0.25, 0.3) is 0 Å². The third kappa shape index (κ3) is 4.69. The normalized spacial score (nSPS) is 12.1. The van der Waals surface area contributed by atoms with Gasteiger partial charge in [-0.15, -0.1) is 0 Å². The highest BCUT2D eigenvalue weighted by Gasteiger charge is 2.21. The minimum atomic E-state index is 0.621. The molecule has 0 atom stereocenters. The van der Waals surface area contributed by atoms with E-state index in [1.807, 2.05) is 18.2 Å². The molecule has 272 valence electrons. The number of para-hydroxylation sites is 3. The van der Waals surface area contributed by atoms with E-state index in [1.54, 1.807) is 0 Å². The zero-order chi connectivity index (χ0) is 38.6. The lowest BCUT2D eigenvalue weighted by Gasteiger charge is -2.17. The van der Waals surface area contributed by atoms with E-state index in [0.717, 1.165) is 38.8 Å². The number of hydrogen-bond donors (Lipinski definition) is 0. The van der Waals surface area contributed by atoms with Gasteiger partial charge < -0.3 is 4.57 Å². The van der Waals surface area contributed by atoms with E-state index < -0.39 is 0 Å². The quantitative estimate of drug-likeness (QED) is 0.168. The Morgan fingerprint density at radius 2 is 0.746 bits per heavy atom. The molecule has 0 amide bonds. The summed E-state index contributed by atoms with van der Waals surface area (Å²) in [4.78, 5) is 16.0. The molecule has 0 aliphatic heterocycles. The Hall–Kier alpha value is -7.95. The Kier molecular flexibility index (Phi) is 6.69. The van der Waals surface area contributed by atoms with E-state index in [2.05, 4.69) is 180 Å². The van der Waals surface area contributed by atoms with Gasteiger partial charge in [0, 0.05) is 27.5 Å². The van der Waals surface area contributed by atoms with Gasteiger partial charge in [-0.1, -0.05) is 158 Å². The molecule has 4 heteroatoms. The zero-order valence-corrected chi connectivity index (χ0v) is 31.8. The van der Waals surface area contributed by atoms with Crippen LogP contribution >= 0.6 is 0 Å². The SMILES string of the molecule is c1ccc(-c2nc(-c3cc4ccc5cccc6c7cccc8ccc9cccc(c(c3)c4c56)c9c87)nc(-c3ccccc3-n3c4ccccc4c4ccccc43)n2)cc1. The van der Waals surface area contributed by atoms with Gasteiger partial charge >= 0.3 is 0 Å². The van der Waals surface area contributed by atoms with Gasteiger partial charge in [-0.05, 0) is 101 Å². The van der Waals surface area contributed by atoms with E-state index in [9.17, 15) is 0 Å². The summed E-state index contributed by atoms with van der Waals surface area (Å²) >= 11 is 0. The van der Waals surface area contributed by atoms with Crippen molar-refractivity contribution in [1.82, 2.24) is 19.5 Å². The molecule has 0 saturated heterocycles. The van der Waals surface area contributed by atoms with Gasteiger partial charge in [0.05, 0.1) is 16.7 Å². The van der Waals surface area contributed by atoms with E-state index in [-0.39, 0.29) is 0 Å². The third-order valence-electron chi connectivity index (χ3n) is 12.3. The molecule has 0 spiro atoms. The molecular weight excluding hydrogens is 717 g/mol. The lowest BCUT2D eigenvalue weighted by atomic mass is 9.87. The van der Waals surface area contributed by atoms with E-state index >= 15 is 0 Å². The summed E-state index contributed by atoms with van der Waals surface area (Å²) in [7, 11) is 0. The molecule has 0 fully saturated rings. The largest absolute Gasteiger partial charge is 0.309 e. The Morgan fingerprint density at radius 3 is 1.37 bits per heavy atom. The molecule has 4 nitrogen and oxygen atoms in total. The third-order valence-corrected chi connectivity index (χ3v) is 12.3. The van der Waals surface area contributed by atoms with Crippen LogP contribution in [-0.2, 0) is 0 Å². The molecule has 0 N–H and O–H groups in total. The average molecular weight is 749 g/mol. The Labute approximate surface area is 338 Å². The van der Waals surface area contributed by atoms with Crippen LogP contribution in [-0.4, -0.2) is 19.5 Å². The topological polar surface area (TPSA) is 43.6 Å². The predicted molar refractivity (Wildman–Crippen MR) is 247 cm³/mol. The molecule has 13 rings (SSSR count). The minimum Gasteiger partial charge on any atom is -0.309 e. The lowest BCUT2D eigenvalue weighted by Crippen LogP contribution is -2.03. The highest BCUT2D eigenvalue weighted by Crippen LogP contribution is 2.44. The average Bonchev–Trinajstić information content (AvgIpc) is 3.64. The van der Waals surface area contributed by atoms with Crippen LogP contribution in [0.3, 0.4) is 0 Å². The summed E-state index contributed by atoms with van der Waals surface area (Å²) in [5, 5.41) is 17.2. The number of benzene rings is 10. The maximum Gasteiger partial charge on any atom is 0.166 e. The molecule has 13 aromatic rings. The van der Waals surface area contributed by atoms with Crippen molar-refractivity contribution in [3.05, 3.63) is 194 Å². The van der Waals surface area contributed by atoms with Crippen molar-refractivity contribution in [2.24, 2.45) is 0 Å². The molecule has 2 aromatic heterocycles. The minimum absolute atomic E-state index is 0.621. The second kappa shape index (κ2) is 12.3. The van der Waals surface area contributed by atoms with Crippen molar-refractivity contribution < 1.29 is 0 Å². The first kappa shape index (κ1) is 32.2. The van der Waals surface area contributed by atoms with Crippen LogP contribution in [0.1, 0.15) is 0 Å². The van der Waals surface area contributed by atoms with Gasteiger partial charge in [-0.2, -0.15) is 0 Å².